The maximum Gasteiger partial charge on any atom is 0.407 e. The smallest absolute Gasteiger partial charge is 0.407 e. The number of ether oxygens (including phenoxy) is 1. The number of nitrogens with zero attached hydrogens (tertiary/aromatic N) is 1. The van der Waals surface area contributed by atoms with E-state index in [1.54, 1.807) is 32.9 Å². The summed E-state index contributed by atoms with van der Waals surface area (Å²) in [5, 5.41) is 2.75. The van der Waals surface area contributed by atoms with Gasteiger partial charge in [0.1, 0.15) is 11.4 Å². The zero-order valence-corrected chi connectivity index (χ0v) is 18.1. The van der Waals surface area contributed by atoms with Crippen LogP contribution in [0.3, 0.4) is 0 Å². The Morgan fingerprint density at radius 3 is 2.67 bits per heavy atom. The minimum absolute atomic E-state index is 0.102. The number of carbonyl (C=O) groups excluding carboxylic acids is 2. The minimum Gasteiger partial charge on any atom is -0.444 e. The lowest BCUT2D eigenvalue weighted by Crippen LogP contribution is -2.51. The summed E-state index contributed by atoms with van der Waals surface area (Å²) >= 11 is 3.24. The van der Waals surface area contributed by atoms with Crippen LogP contribution in [-0.2, 0) is 19.4 Å². The van der Waals surface area contributed by atoms with E-state index in [0.29, 0.717) is 23.9 Å². The zero-order valence-electron chi connectivity index (χ0n) is 15.7. The molecule has 1 aromatic rings. The first kappa shape index (κ1) is 21.7. The lowest BCUT2D eigenvalue weighted by atomic mass is 10.1. The molecular weight excluding hydrogens is 436 g/mol. The van der Waals surface area contributed by atoms with Gasteiger partial charge >= 0.3 is 6.09 Å². The highest BCUT2D eigenvalue weighted by molar-refractivity contribution is 9.10. The van der Waals surface area contributed by atoms with Gasteiger partial charge in [0.15, 0.2) is 9.84 Å². The summed E-state index contributed by atoms with van der Waals surface area (Å²) in [6.45, 7) is 6.06. The molecule has 0 spiro atoms. The van der Waals surface area contributed by atoms with Crippen LogP contribution in [0.25, 0.3) is 0 Å². The Balaban J connectivity index is 1.97. The van der Waals surface area contributed by atoms with Gasteiger partial charge in [-0.05, 0) is 51.8 Å². The predicted molar refractivity (Wildman–Crippen MR) is 105 cm³/mol. The van der Waals surface area contributed by atoms with Crippen molar-refractivity contribution in [3.63, 3.8) is 0 Å². The third kappa shape index (κ3) is 6.80. The lowest BCUT2D eigenvalue weighted by Gasteiger charge is -2.33. The van der Waals surface area contributed by atoms with E-state index < -0.39 is 33.2 Å². The number of halogens is 1. The van der Waals surface area contributed by atoms with Crippen LogP contribution in [0, 0.1) is 0 Å². The molecule has 1 fully saturated rings. The second-order valence-corrected chi connectivity index (χ2v) is 10.4. The molecule has 7 nitrogen and oxygen atoms in total. The van der Waals surface area contributed by atoms with Gasteiger partial charge in [-0.25, -0.2) is 13.2 Å². The first-order valence-corrected chi connectivity index (χ1v) is 11.2. The summed E-state index contributed by atoms with van der Waals surface area (Å²) in [5.41, 5.74) is -0.605. The molecule has 1 aliphatic heterocycles. The van der Waals surface area contributed by atoms with Crippen molar-refractivity contribution < 1.29 is 22.7 Å². The topological polar surface area (TPSA) is 92.8 Å². The van der Waals surface area contributed by atoms with Crippen molar-refractivity contribution >= 4 is 37.8 Å². The van der Waals surface area contributed by atoms with Crippen molar-refractivity contribution in [3.8, 4) is 0 Å². The first-order valence-electron chi connectivity index (χ1n) is 8.72. The number of amides is 2. The van der Waals surface area contributed by atoms with Gasteiger partial charge in [-0.15, -0.1) is 0 Å². The molecule has 1 atom stereocenters. The van der Waals surface area contributed by atoms with E-state index in [1.807, 2.05) is 0 Å². The molecule has 0 unspecified atom stereocenters. The van der Waals surface area contributed by atoms with Crippen molar-refractivity contribution in [2.24, 2.45) is 0 Å². The molecule has 27 heavy (non-hydrogen) atoms. The predicted octanol–water partition coefficient (Wildman–Crippen LogP) is 2.74. The fourth-order valence-electron chi connectivity index (χ4n) is 2.79. The number of benzene rings is 1. The number of alkyl carbamates (subject to hydrolysis) is 1. The van der Waals surface area contributed by atoms with E-state index in [-0.39, 0.29) is 17.5 Å². The van der Waals surface area contributed by atoms with Gasteiger partial charge in [-0.3, -0.25) is 4.79 Å². The summed E-state index contributed by atoms with van der Waals surface area (Å²) in [6, 6.07) is 6.02. The van der Waals surface area contributed by atoms with E-state index in [4.69, 9.17) is 4.74 Å². The van der Waals surface area contributed by atoms with Gasteiger partial charge in [0, 0.05) is 23.6 Å². The average Bonchev–Trinajstić information content (AvgIpc) is 2.53. The minimum atomic E-state index is -3.73. The van der Waals surface area contributed by atoms with Crippen molar-refractivity contribution in [1.82, 2.24) is 10.2 Å². The molecule has 0 radical (unpaired) electrons. The van der Waals surface area contributed by atoms with Crippen molar-refractivity contribution in [1.29, 1.82) is 0 Å². The molecule has 1 N–H and O–H groups in total. The van der Waals surface area contributed by atoms with Gasteiger partial charge in [-0.1, -0.05) is 22.0 Å². The van der Waals surface area contributed by atoms with Gasteiger partial charge in [-0.2, -0.15) is 0 Å². The van der Waals surface area contributed by atoms with E-state index in [9.17, 15) is 18.0 Å². The standard InChI is InChI=1S/C18H25BrN2O5S/c1-18(2,3)26-17(23)20-14-7-5-9-21(11-14)16(22)12-27(24,25)15-8-4-6-13(19)10-15/h4,6,8,10,14H,5,7,9,11-12H2,1-3H3,(H,20,23)/t14-/m0/s1. The van der Waals surface area contributed by atoms with Gasteiger partial charge < -0.3 is 15.0 Å². The highest BCUT2D eigenvalue weighted by Gasteiger charge is 2.29. The van der Waals surface area contributed by atoms with Crippen LogP contribution < -0.4 is 5.32 Å². The Bertz CT molecular complexity index is 804. The Morgan fingerprint density at radius 2 is 2.04 bits per heavy atom. The van der Waals surface area contributed by atoms with E-state index in [2.05, 4.69) is 21.2 Å². The fraction of sp³-hybridized carbons (Fsp3) is 0.556. The van der Waals surface area contributed by atoms with Crippen LogP contribution >= 0.6 is 15.9 Å². The third-order valence-electron chi connectivity index (χ3n) is 3.96. The third-order valence-corrected chi connectivity index (χ3v) is 6.06. The highest BCUT2D eigenvalue weighted by atomic mass is 79.9. The molecular formula is C18H25BrN2O5S. The molecule has 0 bridgehead atoms. The number of piperidine rings is 1. The number of hydrogen-bond acceptors (Lipinski definition) is 5. The van der Waals surface area contributed by atoms with E-state index in [0.717, 1.165) is 0 Å². The van der Waals surface area contributed by atoms with E-state index in [1.165, 1.54) is 17.0 Å². The first-order chi connectivity index (χ1) is 12.5. The van der Waals surface area contributed by atoms with Crippen LogP contribution in [0.2, 0.25) is 0 Å². The molecule has 9 heteroatoms. The van der Waals surface area contributed by atoms with Gasteiger partial charge in [0.2, 0.25) is 5.91 Å². The number of likely N-dealkylation sites (tertiary alicyclic amines) is 1. The quantitative estimate of drug-likeness (QED) is 0.745. The van der Waals surface area contributed by atoms with Crippen LogP contribution in [0.5, 0.6) is 0 Å². The fourth-order valence-corrected chi connectivity index (χ4v) is 4.61. The number of carbonyl (C=O) groups is 2. The Hall–Kier alpha value is -1.61. The van der Waals surface area contributed by atoms with Crippen LogP contribution in [0.4, 0.5) is 4.79 Å². The maximum atomic E-state index is 12.5. The number of nitrogens with one attached hydrogen (secondary N) is 1. The van der Waals surface area contributed by atoms with Crippen LogP contribution in [-0.4, -0.2) is 55.8 Å². The Labute approximate surface area is 168 Å². The monoisotopic (exact) mass is 460 g/mol. The molecule has 1 saturated heterocycles. The summed E-state index contributed by atoms with van der Waals surface area (Å²) in [6.07, 6.45) is 0.855. The van der Waals surface area contributed by atoms with Crippen molar-refractivity contribution in [2.75, 3.05) is 18.8 Å². The molecule has 0 saturated carbocycles. The molecule has 0 aliphatic carbocycles. The largest absolute Gasteiger partial charge is 0.444 e. The molecule has 1 aliphatic rings. The van der Waals surface area contributed by atoms with Gasteiger partial charge in [0.05, 0.1) is 4.90 Å². The van der Waals surface area contributed by atoms with Crippen molar-refractivity contribution in [3.05, 3.63) is 28.7 Å². The maximum absolute atomic E-state index is 12.5. The summed E-state index contributed by atoms with van der Waals surface area (Å²) in [5.74, 6) is -1.06. The summed E-state index contributed by atoms with van der Waals surface area (Å²) in [4.78, 5) is 26.0. The number of hydrogen-bond donors (Lipinski definition) is 1. The molecule has 1 heterocycles. The Morgan fingerprint density at radius 1 is 1.33 bits per heavy atom. The van der Waals surface area contributed by atoms with Crippen LogP contribution in [0.1, 0.15) is 33.6 Å². The second kappa shape index (κ2) is 8.60. The number of sulfone groups is 1. The van der Waals surface area contributed by atoms with Crippen molar-refractivity contribution in [2.45, 2.75) is 50.2 Å². The molecule has 2 rings (SSSR count). The SMILES string of the molecule is CC(C)(C)OC(=O)N[C@H]1CCCN(C(=O)CS(=O)(=O)c2cccc(Br)c2)C1. The summed E-state index contributed by atoms with van der Waals surface area (Å²) in [7, 11) is -3.73. The summed E-state index contributed by atoms with van der Waals surface area (Å²) < 4.78 is 30.9. The molecule has 150 valence electrons. The molecule has 1 aromatic carbocycles. The lowest BCUT2D eigenvalue weighted by molar-refractivity contribution is -0.129. The second-order valence-electron chi connectivity index (χ2n) is 7.54. The highest BCUT2D eigenvalue weighted by Crippen LogP contribution is 2.19. The molecule has 0 aromatic heterocycles. The zero-order chi connectivity index (χ0) is 20.2. The number of rotatable bonds is 4. The Kier molecular flexibility index (Phi) is 6.91. The van der Waals surface area contributed by atoms with Crippen LogP contribution in [0.15, 0.2) is 33.6 Å². The normalized spacial score (nSPS) is 18.1. The average molecular weight is 461 g/mol. The van der Waals surface area contributed by atoms with Gasteiger partial charge in [0.25, 0.3) is 0 Å². The van der Waals surface area contributed by atoms with E-state index >= 15 is 0 Å². The molecule has 2 amide bonds.